The highest BCUT2D eigenvalue weighted by Gasteiger charge is 2.36. The third-order valence-corrected chi connectivity index (χ3v) is 6.81. The van der Waals surface area contributed by atoms with Crippen molar-refractivity contribution >= 4 is 40.6 Å². The number of aryl methyl sites for hydroxylation is 1. The minimum absolute atomic E-state index is 0.0295. The molecular formula is C27H33N5O4S. The van der Waals surface area contributed by atoms with Crippen molar-refractivity contribution in [2.24, 2.45) is 11.7 Å². The van der Waals surface area contributed by atoms with Gasteiger partial charge in [0.15, 0.2) is 5.69 Å². The van der Waals surface area contributed by atoms with Gasteiger partial charge in [-0.3, -0.25) is 19.3 Å². The third-order valence-electron chi connectivity index (χ3n) is 5.96. The zero-order chi connectivity index (χ0) is 27.1. The average molecular weight is 524 g/mol. The SMILES string of the molecule is CCc1ccc(N(C(=O)c2snc(C(N)=O)c2N)[C@H](C(=O)NCCC(C)C)c2ccc(OC)cc2)cc1. The van der Waals surface area contributed by atoms with E-state index in [1.807, 2.05) is 19.1 Å². The Labute approximate surface area is 221 Å². The second-order valence-corrected chi connectivity index (χ2v) is 9.76. The molecule has 3 rings (SSSR count). The lowest BCUT2D eigenvalue weighted by Gasteiger charge is -2.31. The lowest BCUT2D eigenvalue weighted by molar-refractivity contribution is -0.122. The Morgan fingerprint density at radius 1 is 1.08 bits per heavy atom. The van der Waals surface area contributed by atoms with E-state index >= 15 is 0 Å². The van der Waals surface area contributed by atoms with Gasteiger partial charge in [-0.15, -0.1) is 0 Å². The third kappa shape index (κ3) is 6.45. The number of ether oxygens (including phenoxy) is 1. The van der Waals surface area contributed by atoms with Crippen molar-refractivity contribution in [1.82, 2.24) is 9.69 Å². The van der Waals surface area contributed by atoms with Crippen LogP contribution in [0.5, 0.6) is 5.75 Å². The standard InChI is InChI=1S/C27H33N5O4S/c1-5-17-6-10-19(11-7-17)32(27(35)24-21(28)22(25(29)33)31-37-24)23(26(34)30-15-14-16(2)3)18-8-12-20(36-4)13-9-18/h6-13,16,23H,5,14-15,28H2,1-4H3,(H2,29,33)(H,30,34)/t23-/m0/s1. The highest BCUT2D eigenvalue weighted by molar-refractivity contribution is 7.09. The summed E-state index contributed by atoms with van der Waals surface area (Å²) in [6.07, 6.45) is 1.60. The summed E-state index contributed by atoms with van der Waals surface area (Å²) >= 11 is 0.777. The van der Waals surface area contributed by atoms with Crippen LogP contribution < -0.4 is 26.4 Å². The molecule has 0 spiro atoms. The van der Waals surface area contributed by atoms with E-state index in [1.54, 1.807) is 43.5 Å². The summed E-state index contributed by atoms with van der Waals surface area (Å²) in [5, 5.41) is 2.98. The summed E-state index contributed by atoms with van der Waals surface area (Å²) in [5.74, 6) is -0.734. The molecule has 0 saturated heterocycles. The fourth-order valence-electron chi connectivity index (χ4n) is 3.80. The van der Waals surface area contributed by atoms with E-state index in [0.717, 1.165) is 29.9 Å². The Hall–Kier alpha value is -3.92. The first-order valence-corrected chi connectivity index (χ1v) is 12.8. The predicted octanol–water partition coefficient (Wildman–Crippen LogP) is 3.95. The van der Waals surface area contributed by atoms with Gasteiger partial charge in [0.25, 0.3) is 11.8 Å². The number of amides is 3. The highest BCUT2D eigenvalue weighted by atomic mass is 32.1. The molecule has 0 fully saturated rings. The number of primary amides is 1. The van der Waals surface area contributed by atoms with Gasteiger partial charge >= 0.3 is 0 Å². The van der Waals surface area contributed by atoms with Gasteiger partial charge < -0.3 is 21.5 Å². The molecule has 0 radical (unpaired) electrons. The van der Waals surface area contributed by atoms with E-state index in [9.17, 15) is 14.4 Å². The molecule has 9 nitrogen and oxygen atoms in total. The molecule has 0 aliphatic rings. The van der Waals surface area contributed by atoms with Gasteiger partial charge in [0.1, 0.15) is 16.7 Å². The van der Waals surface area contributed by atoms with Crippen LogP contribution in [0, 0.1) is 5.92 Å². The number of rotatable bonds is 11. The van der Waals surface area contributed by atoms with Crippen LogP contribution in [0.3, 0.4) is 0 Å². The number of hydrogen-bond acceptors (Lipinski definition) is 7. The smallest absolute Gasteiger partial charge is 0.273 e. The number of nitrogen functional groups attached to an aromatic ring is 1. The summed E-state index contributed by atoms with van der Waals surface area (Å²) in [6, 6.07) is 13.3. The molecule has 1 atom stereocenters. The molecule has 0 bridgehead atoms. The molecule has 0 saturated carbocycles. The van der Waals surface area contributed by atoms with Crippen LogP contribution in [0.4, 0.5) is 11.4 Å². The molecule has 1 heterocycles. The van der Waals surface area contributed by atoms with E-state index in [-0.39, 0.29) is 22.2 Å². The zero-order valence-electron chi connectivity index (χ0n) is 21.5. The topological polar surface area (TPSA) is 141 Å². The molecule has 5 N–H and O–H groups in total. The van der Waals surface area contributed by atoms with Gasteiger partial charge in [-0.1, -0.05) is 45.0 Å². The van der Waals surface area contributed by atoms with Crippen LogP contribution >= 0.6 is 11.5 Å². The predicted molar refractivity (Wildman–Crippen MR) is 146 cm³/mol. The van der Waals surface area contributed by atoms with Crippen molar-refractivity contribution in [3.8, 4) is 5.75 Å². The van der Waals surface area contributed by atoms with Crippen LogP contribution in [0.2, 0.25) is 0 Å². The first-order chi connectivity index (χ1) is 17.7. The van der Waals surface area contributed by atoms with Crippen LogP contribution in [-0.2, 0) is 11.2 Å². The normalized spacial score (nSPS) is 11.7. The van der Waals surface area contributed by atoms with Crippen molar-refractivity contribution in [2.75, 3.05) is 24.3 Å². The zero-order valence-corrected chi connectivity index (χ0v) is 22.3. The molecule has 0 unspecified atom stereocenters. The van der Waals surface area contributed by atoms with Crippen molar-refractivity contribution in [3.63, 3.8) is 0 Å². The van der Waals surface area contributed by atoms with E-state index < -0.39 is 17.9 Å². The summed E-state index contributed by atoms with van der Waals surface area (Å²) in [4.78, 5) is 40.9. The van der Waals surface area contributed by atoms with Gasteiger partial charge in [-0.25, -0.2) is 0 Å². The molecule has 2 aromatic carbocycles. The van der Waals surface area contributed by atoms with Crippen LogP contribution in [0.25, 0.3) is 0 Å². The number of benzene rings is 2. The number of carbonyl (C=O) groups is 3. The number of nitrogens with two attached hydrogens (primary N) is 2. The molecule has 0 aliphatic carbocycles. The number of aromatic nitrogens is 1. The number of methoxy groups -OCH3 is 1. The minimum Gasteiger partial charge on any atom is -0.497 e. The fourth-order valence-corrected chi connectivity index (χ4v) is 4.54. The summed E-state index contributed by atoms with van der Waals surface area (Å²) in [6.45, 7) is 6.63. The average Bonchev–Trinajstić information content (AvgIpc) is 3.28. The maximum Gasteiger partial charge on any atom is 0.273 e. The summed E-state index contributed by atoms with van der Waals surface area (Å²) < 4.78 is 9.27. The van der Waals surface area contributed by atoms with Crippen LogP contribution in [0.15, 0.2) is 48.5 Å². The number of nitrogens with zero attached hydrogens (tertiary/aromatic N) is 2. The Morgan fingerprint density at radius 2 is 1.73 bits per heavy atom. The quantitative estimate of drug-likeness (QED) is 0.348. The monoisotopic (exact) mass is 523 g/mol. The Morgan fingerprint density at radius 3 is 2.24 bits per heavy atom. The highest BCUT2D eigenvalue weighted by Crippen LogP contribution is 2.34. The first-order valence-electron chi connectivity index (χ1n) is 12.1. The van der Waals surface area contributed by atoms with Gasteiger partial charge in [-0.2, -0.15) is 4.37 Å². The van der Waals surface area contributed by atoms with Crippen molar-refractivity contribution in [1.29, 1.82) is 0 Å². The number of carbonyl (C=O) groups excluding carboxylic acids is 3. The number of hydrogen-bond donors (Lipinski definition) is 3. The van der Waals surface area contributed by atoms with Gasteiger partial charge in [0, 0.05) is 12.2 Å². The van der Waals surface area contributed by atoms with Crippen molar-refractivity contribution < 1.29 is 19.1 Å². The van der Waals surface area contributed by atoms with E-state index in [4.69, 9.17) is 16.2 Å². The molecule has 10 heteroatoms. The largest absolute Gasteiger partial charge is 0.497 e. The maximum absolute atomic E-state index is 14.0. The van der Waals surface area contributed by atoms with E-state index in [0.29, 0.717) is 29.5 Å². The van der Waals surface area contributed by atoms with Gasteiger partial charge in [-0.05, 0) is 65.7 Å². The van der Waals surface area contributed by atoms with Crippen LogP contribution in [-0.4, -0.2) is 35.7 Å². The van der Waals surface area contributed by atoms with E-state index in [1.165, 1.54) is 4.90 Å². The Kier molecular flexibility index (Phi) is 9.24. The Balaban J connectivity index is 2.16. The van der Waals surface area contributed by atoms with Gasteiger partial charge in [0.2, 0.25) is 5.91 Å². The second-order valence-electron chi connectivity index (χ2n) is 8.98. The number of anilines is 2. The van der Waals surface area contributed by atoms with Crippen molar-refractivity contribution in [2.45, 2.75) is 39.7 Å². The molecule has 37 heavy (non-hydrogen) atoms. The fraction of sp³-hybridized carbons (Fsp3) is 0.333. The first kappa shape index (κ1) is 27.7. The molecular weight excluding hydrogens is 490 g/mol. The maximum atomic E-state index is 14.0. The lowest BCUT2D eigenvalue weighted by atomic mass is 10.0. The molecule has 196 valence electrons. The molecule has 3 aromatic rings. The summed E-state index contributed by atoms with van der Waals surface area (Å²) in [7, 11) is 1.55. The Bertz CT molecular complexity index is 1240. The van der Waals surface area contributed by atoms with Crippen LogP contribution in [0.1, 0.15) is 64.5 Å². The number of nitrogens with one attached hydrogen (secondary N) is 1. The molecule has 0 aliphatic heterocycles. The minimum atomic E-state index is -1.03. The summed E-state index contributed by atoms with van der Waals surface area (Å²) in [5.41, 5.74) is 13.4. The van der Waals surface area contributed by atoms with Gasteiger partial charge in [0.05, 0.1) is 12.8 Å². The molecule has 1 aromatic heterocycles. The van der Waals surface area contributed by atoms with E-state index in [2.05, 4.69) is 23.5 Å². The second kappa shape index (κ2) is 12.4. The van der Waals surface area contributed by atoms with Crippen molar-refractivity contribution in [3.05, 3.63) is 70.2 Å². The lowest BCUT2D eigenvalue weighted by Crippen LogP contribution is -2.44. The molecule has 3 amide bonds.